The van der Waals surface area contributed by atoms with Crippen LogP contribution in [0.5, 0.6) is 0 Å². The van der Waals surface area contributed by atoms with Gasteiger partial charge in [0.1, 0.15) is 11.9 Å². The van der Waals surface area contributed by atoms with E-state index in [0.717, 1.165) is 56.9 Å². The standard InChI is InChI=1S/C22H33N5O4S/c1-16-17(2)27(13-19-4-3-10-31-19)22(20(16)12-23)24-21(28)14-25-6-8-26(9-7-25)18-5-11-32(29,30)15-18/h18-19H,3-11,13-15H2,1-2H3,(H,24,28)/t18-,19+/m0/s1. The number of hydrogen-bond acceptors (Lipinski definition) is 7. The Morgan fingerprint density at radius 3 is 2.56 bits per heavy atom. The number of hydrogen-bond donors (Lipinski definition) is 1. The lowest BCUT2D eigenvalue weighted by Gasteiger charge is -2.37. The second-order valence-corrected chi connectivity index (χ2v) is 11.4. The third kappa shape index (κ3) is 5.01. The maximum atomic E-state index is 12.9. The van der Waals surface area contributed by atoms with Crippen molar-refractivity contribution in [3.63, 3.8) is 0 Å². The molecular weight excluding hydrogens is 430 g/mol. The van der Waals surface area contributed by atoms with Crippen LogP contribution in [-0.4, -0.2) is 91.7 Å². The molecule has 3 aliphatic rings. The highest BCUT2D eigenvalue weighted by Crippen LogP contribution is 2.28. The van der Waals surface area contributed by atoms with Gasteiger partial charge in [0, 0.05) is 44.5 Å². The number of sulfone groups is 1. The van der Waals surface area contributed by atoms with Gasteiger partial charge in [0.05, 0.1) is 36.3 Å². The quantitative estimate of drug-likeness (QED) is 0.668. The second kappa shape index (κ2) is 9.51. The minimum atomic E-state index is -2.89. The molecule has 0 aliphatic carbocycles. The van der Waals surface area contributed by atoms with Crippen molar-refractivity contribution in [3.8, 4) is 6.07 Å². The molecule has 4 rings (SSSR count). The SMILES string of the molecule is Cc1c(C#N)c(NC(=O)CN2CCN([C@H]3CCS(=O)(=O)C3)CC2)n(C[C@H]2CCCO2)c1C. The summed E-state index contributed by atoms with van der Waals surface area (Å²) in [5.74, 6) is 0.971. The van der Waals surface area contributed by atoms with Crippen molar-refractivity contribution in [3.05, 3.63) is 16.8 Å². The van der Waals surface area contributed by atoms with Gasteiger partial charge in [-0.2, -0.15) is 5.26 Å². The molecule has 0 saturated carbocycles. The van der Waals surface area contributed by atoms with Gasteiger partial charge in [-0.25, -0.2) is 8.42 Å². The lowest BCUT2D eigenvalue weighted by molar-refractivity contribution is -0.117. The normalized spacial score (nSPS) is 26.3. The third-order valence-corrected chi connectivity index (χ3v) is 8.86. The van der Waals surface area contributed by atoms with Crippen molar-refractivity contribution in [2.75, 3.05) is 56.2 Å². The van der Waals surface area contributed by atoms with Gasteiger partial charge < -0.3 is 14.6 Å². The molecule has 0 unspecified atom stereocenters. The maximum Gasteiger partial charge on any atom is 0.239 e. The van der Waals surface area contributed by atoms with E-state index in [-0.39, 0.29) is 36.1 Å². The molecule has 2 atom stereocenters. The van der Waals surface area contributed by atoms with Gasteiger partial charge in [-0.05, 0) is 38.7 Å². The van der Waals surface area contributed by atoms with Crippen LogP contribution < -0.4 is 5.32 Å². The highest BCUT2D eigenvalue weighted by Gasteiger charge is 2.34. The number of carbonyl (C=O) groups is 1. The van der Waals surface area contributed by atoms with Gasteiger partial charge in [-0.1, -0.05) is 0 Å². The fraction of sp³-hybridized carbons (Fsp3) is 0.727. The van der Waals surface area contributed by atoms with E-state index in [1.165, 1.54) is 0 Å². The molecule has 1 aromatic rings. The molecule has 3 aliphatic heterocycles. The van der Waals surface area contributed by atoms with Crippen LogP contribution in [-0.2, 0) is 25.9 Å². The second-order valence-electron chi connectivity index (χ2n) is 9.21. The number of nitrogens with one attached hydrogen (secondary N) is 1. The minimum absolute atomic E-state index is 0.107. The van der Waals surface area contributed by atoms with E-state index in [2.05, 4.69) is 21.2 Å². The highest BCUT2D eigenvalue weighted by atomic mass is 32.2. The molecular formula is C22H33N5O4S. The van der Waals surface area contributed by atoms with E-state index in [1.807, 2.05) is 18.4 Å². The Kier molecular flexibility index (Phi) is 6.91. The smallest absolute Gasteiger partial charge is 0.239 e. The zero-order valence-corrected chi connectivity index (χ0v) is 19.8. The molecule has 32 heavy (non-hydrogen) atoms. The van der Waals surface area contributed by atoms with E-state index < -0.39 is 9.84 Å². The molecule has 1 N–H and O–H groups in total. The molecule has 3 saturated heterocycles. The molecule has 0 aromatic carbocycles. The number of nitriles is 1. The van der Waals surface area contributed by atoms with Gasteiger partial charge in [-0.3, -0.25) is 14.6 Å². The Hall–Kier alpha value is -1.93. The lowest BCUT2D eigenvalue weighted by atomic mass is 10.2. The number of aromatic nitrogens is 1. The first-order valence-electron chi connectivity index (χ1n) is 11.5. The zero-order chi connectivity index (χ0) is 22.9. The summed E-state index contributed by atoms with van der Waals surface area (Å²) in [7, 11) is -2.89. The third-order valence-electron chi connectivity index (χ3n) is 7.11. The van der Waals surface area contributed by atoms with Crippen molar-refractivity contribution in [1.29, 1.82) is 5.26 Å². The van der Waals surface area contributed by atoms with E-state index in [9.17, 15) is 18.5 Å². The van der Waals surface area contributed by atoms with Crippen LogP contribution in [0, 0.1) is 25.2 Å². The Bertz CT molecular complexity index is 998. The summed E-state index contributed by atoms with van der Waals surface area (Å²) in [4.78, 5) is 17.2. The average Bonchev–Trinajstić information content (AvgIpc) is 3.45. The molecule has 176 valence electrons. The van der Waals surface area contributed by atoms with E-state index in [4.69, 9.17) is 4.74 Å². The first-order valence-corrected chi connectivity index (χ1v) is 13.3. The number of ether oxygens (including phenoxy) is 1. The number of anilines is 1. The largest absolute Gasteiger partial charge is 0.376 e. The highest BCUT2D eigenvalue weighted by molar-refractivity contribution is 7.91. The number of rotatable bonds is 6. The number of amides is 1. The van der Waals surface area contributed by atoms with Crippen LogP contribution in [0.1, 0.15) is 36.1 Å². The van der Waals surface area contributed by atoms with E-state index in [0.29, 0.717) is 24.3 Å². The number of carbonyl (C=O) groups excluding carboxylic acids is 1. The predicted octanol–water partition coefficient (Wildman–Crippen LogP) is 0.899. The van der Waals surface area contributed by atoms with Crippen molar-refractivity contribution in [1.82, 2.24) is 14.4 Å². The first kappa shape index (κ1) is 23.2. The maximum absolute atomic E-state index is 12.9. The van der Waals surface area contributed by atoms with Gasteiger partial charge >= 0.3 is 0 Å². The van der Waals surface area contributed by atoms with Gasteiger partial charge in [0.25, 0.3) is 0 Å². The molecule has 0 bridgehead atoms. The van der Waals surface area contributed by atoms with Crippen LogP contribution in [0.25, 0.3) is 0 Å². The summed E-state index contributed by atoms with van der Waals surface area (Å²) in [6.07, 6.45) is 2.84. The van der Waals surface area contributed by atoms with Crippen molar-refractivity contribution >= 4 is 21.6 Å². The predicted molar refractivity (Wildman–Crippen MR) is 121 cm³/mol. The molecule has 0 spiro atoms. The lowest BCUT2D eigenvalue weighted by Crippen LogP contribution is -2.52. The van der Waals surface area contributed by atoms with Crippen LogP contribution in [0.4, 0.5) is 5.82 Å². The summed E-state index contributed by atoms with van der Waals surface area (Å²) in [5.41, 5.74) is 2.38. The summed E-state index contributed by atoms with van der Waals surface area (Å²) in [6.45, 7) is 8.53. The summed E-state index contributed by atoms with van der Waals surface area (Å²) in [5, 5.41) is 12.7. The molecule has 1 amide bonds. The number of piperazine rings is 1. The molecule has 1 aromatic heterocycles. The van der Waals surface area contributed by atoms with Crippen molar-refractivity contribution in [2.24, 2.45) is 0 Å². The van der Waals surface area contributed by atoms with Gasteiger partial charge in [0.15, 0.2) is 9.84 Å². The van der Waals surface area contributed by atoms with Crippen LogP contribution in [0.15, 0.2) is 0 Å². The minimum Gasteiger partial charge on any atom is -0.376 e. The zero-order valence-electron chi connectivity index (χ0n) is 19.0. The Morgan fingerprint density at radius 1 is 1.22 bits per heavy atom. The van der Waals surface area contributed by atoms with Crippen LogP contribution in [0.3, 0.4) is 0 Å². The first-order chi connectivity index (χ1) is 15.3. The molecule has 10 heteroatoms. The summed E-state index contributed by atoms with van der Waals surface area (Å²) < 4.78 is 31.3. The van der Waals surface area contributed by atoms with Gasteiger partial charge in [-0.15, -0.1) is 0 Å². The molecule has 0 radical (unpaired) electrons. The van der Waals surface area contributed by atoms with E-state index >= 15 is 0 Å². The number of nitrogens with zero attached hydrogens (tertiary/aromatic N) is 4. The summed E-state index contributed by atoms with van der Waals surface area (Å²) in [6, 6.07) is 2.37. The van der Waals surface area contributed by atoms with Crippen molar-refractivity contribution < 1.29 is 17.9 Å². The average molecular weight is 464 g/mol. The topological polar surface area (TPSA) is 108 Å². The Balaban J connectivity index is 1.36. The van der Waals surface area contributed by atoms with E-state index in [1.54, 1.807) is 0 Å². The fourth-order valence-corrected chi connectivity index (χ4v) is 6.84. The van der Waals surface area contributed by atoms with Crippen LogP contribution in [0.2, 0.25) is 0 Å². The molecule has 3 fully saturated rings. The fourth-order valence-electron chi connectivity index (χ4n) is 5.08. The molecule has 9 nitrogen and oxygen atoms in total. The van der Waals surface area contributed by atoms with Gasteiger partial charge in [0.2, 0.25) is 5.91 Å². The van der Waals surface area contributed by atoms with Crippen LogP contribution >= 0.6 is 0 Å². The molecule has 4 heterocycles. The Labute approximate surface area is 190 Å². The summed E-state index contributed by atoms with van der Waals surface area (Å²) >= 11 is 0. The monoisotopic (exact) mass is 463 g/mol. The van der Waals surface area contributed by atoms with Crippen molar-refractivity contribution in [2.45, 2.75) is 51.8 Å². The Morgan fingerprint density at radius 2 is 1.97 bits per heavy atom.